The van der Waals surface area contributed by atoms with Crippen molar-refractivity contribution >= 4 is 12.4 Å². The van der Waals surface area contributed by atoms with Crippen molar-refractivity contribution in [1.29, 1.82) is 0 Å². The van der Waals surface area contributed by atoms with E-state index in [0.717, 1.165) is 13.0 Å². The van der Waals surface area contributed by atoms with Gasteiger partial charge in [0.05, 0.1) is 0 Å². The van der Waals surface area contributed by atoms with Crippen molar-refractivity contribution in [2.45, 2.75) is 50.5 Å². The van der Waals surface area contributed by atoms with Gasteiger partial charge in [0, 0.05) is 32.0 Å². The van der Waals surface area contributed by atoms with Crippen molar-refractivity contribution in [1.82, 2.24) is 4.90 Å². The second-order valence-electron chi connectivity index (χ2n) is 5.90. The maximum atomic E-state index is 13.3. The number of rotatable bonds is 5. The highest BCUT2D eigenvalue weighted by atomic mass is 35.5. The van der Waals surface area contributed by atoms with Gasteiger partial charge in [-0.15, -0.1) is 12.4 Å². The van der Waals surface area contributed by atoms with E-state index >= 15 is 0 Å². The highest BCUT2D eigenvalue weighted by Crippen LogP contribution is 2.38. The van der Waals surface area contributed by atoms with Crippen LogP contribution in [0.2, 0.25) is 0 Å². The Morgan fingerprint density at radius 3 is 2.50 bits per heavy atom. The Morgan fingerprint density at radius 2 is 2.00 bits per heavy atom. The Morgan fingerprint density at radius 1 is 1.33 bits per heavy atom. The Hall–Kier alpha value is 0.0700. The standard InChI is InChI=1S/C13H24F2N2.ClH/c1-17(12(8-16)11-4-5-11)9-10-3-2-6-13(14,15)7-10;/h10-12H,2-9,16H2,1H3;1H. The molecule has 18 heavy (non-hydrogen) atoms. The smallest absolute Gasteiger partial charge is 0.248 e. The molecule has 0 aromatic carbocycles. The van der Waals surface area contributed by atoms with Gasteiger partial charge in [0.25, 0.3) is 0 Å². The fourth-order valence-corrected chi connectivity index (χ4v) is 3.19. The predicted molar refractivity (Wildman–Crippen MR) is 72.3 cm³/mol. The van der Waals surface area contributed by atoms with Gasteiger partial charge in [-0.3, -0.25) is 0 Å². The van der Waals surface area contributed by atoms with Crippen LogP contribution in [0.1, 0.15) is 38.5 Å². The largest absolute Gasteiger partial charge is 0.329 e. The minimum absolute atomic E-state index is 0. The Bertz CT molecular complexity index is 259. The topological polar surface area (TPSA) is 29.3 Å². The van der Waals surface area contributed by atoms with E-state index in [4.69, 9.17) is 5.73 Å². The monoisotopic (exact) mass is 282 g/mol. The summed E-state index contributed by atoms with van der Waals surface area (Å²) in [6.07, 6.45) is 4.28. The lowest BCUT2D eigenvalue weighted by Gasteiger charge is -2.35. The third-order valence-corrected chi connectivity index (χ3v) is 4.26. The van der Waals surface area contributed by atoms with Crippen molar-refractivity contribution in [2.24, 2.45) is 17.6 Å². The molecule has 2 fully saturated rings. The molecule has 2 saturated carbocycles. The number of nitrogens with zero attached hydrogens (tertiary/aromatic N) is 1. The van der Waals surface area contributed by atoms with Crippen molar-refractivity contribution in [3.63, 3.8) is 0 Å². The molecule has 0 amide bonds. The van der Waals surface area contributed by atoms with Gasteiger partial charge in [0.15, 0.2) is 0 Å². The third-order valence-electron chi connectivity index (χ3n) is 4.26. The van der Waals surface area contributed by atoms with Gasteiger partial charge in [0.2, 0.25) is 5.92 Å². The summed E-state index contributed by atoms with van der Waals surface area (Å²) in [6, 6.07) is 0.408. The van der Waals surface area contributed by atoms with Crippen LogP contribution >= 0.6 is 12.4 Å². The molecule has 2 aliphatic rings. The minimum Gasteiger partial charge on any atom is -0.329 e. The third kappa shape index (κ3) is 4.32. The zero-order chi connectivity index (χ0) is 12.5. The van der Waals surface area contributed by atoms with E-state index in [-0.39, 0.29) is 31.2 Å². The first-order chi connectivity index (χ1) is 8.02. The number of hydrogen-bond acceptors (Lipinski definition) is 2. The van der Waals surface area contributed by atoms with Gasteiger partial charge in [-0.1, -0.05) is 0 Å². The maximum Gasteiger partial charge on any atom is 0.248 e. The van der Waals surface area contributed by atoms with Crippen LogP contribution in [-0.2, 0) is 0 Å². The van der Waals surface area contributed by atoms with Crippen LogP contribution in [0.5, 0.6) is 0 Å². The molecule has 2 rings (SSSR count). The summed E-state index contributed by atoms with van der Waals surface area (Å²) in [5.74, 6) is -1.56. The molecule has 108 valence electrons. The fraction of sp³-hybridized carbons (Fsp3) is 1.00. The average molecular weight is 283 g/mol. The summed E-state index contributed by atoms with van der Waals surface area (Å²) in [7, 11) is 2.04. The summed E-state index contributed by atoms with van der Waals surface area (Å²) in [5.41, 5.74) is 5.78. The Labute approximate surface area is 115 Å². The number of hydrogen-bond donors (Lipinski definition) is 1. The summed E-state index contributed by atoms with van der Waals surface area (Å²) >= 11 is 0. The van der Waals surface area contributed by atoms with E-state index in [2.05, 4.69) is 4.90 Å². The lowest BCUT2D eigenvalue weighted by Crippen LogP contribution is -2.43. The van der Waals surface area contributed by atoms with Crippen LogP contribution in [0.25, 0.3) is 0 Å². The zero-order valence-corrected chi connectivity index (χ0v) is 11.9. The first-order valence-electron chi connectivity index (χ1n) is 6.80. The van der Waals surface area contributed by atoms with Crippen molar-refractivity contribution in [3.05, 3.63) is 0 Å². The molecule has 2 unspecified atom stereocenters. The van der Waals surface area contributed by atoms with E-state index in [9.17, 15) is 8.78 Å². The van der Waals surface area contributed by atoms with Gasteiger partial charge in [-0.25, -0.2) is 8.78 Å². The summed E-state index contributed by atoms with van der Waals surface area (Å²) in [4.78, 5) is 2.23. The van der Waals surface area contributed by atoms with E-state index in [0.29, 0.717) is 24.9 Å². The van der Waals surface area contributed by atoms with Crippen LogP contribution in [0.15, 0.2) is 0 Å². The van der Waals surface area contributed by atoms with E-state index in [1.54, 1.807) is 0 Å². The van der Waals surface area contributed by atoms with Crippen LogP contribution in [0.3, 0.4) is 0 Å². The molecule has 5 heteroatoms. The molecule has 0 aromatic heterocycles. The maximum absolute atomic E-state index is 13.3. The number of alkyl halides is 2. The molecule has 2 nitrogen and oxygen atoms in total. The Kier molecular flexibility index (Phi) is 5.81. The van der Waals surface area contributed by atoms with Crippen molar-refractivity contribution < 1.29 is 8.78 Å². The van der Waals surface area contributed by atoms with Crippen LogP contribution in [0.4, 0.5) is 8.78 Å². The summed E-state index contributed by atoms with van der Waals surface area (Å²) in [6.45, 7) is 1.44. The number of nitrogens with two attached hydrogens (primary N) is 1. The van der Waals surface area contributed by atoms with E-state index < -0.39 is 5.92 Å². The van der Waals surface area contributed by atoms with E-state index in [1.807, 2.05) is 7.05 Å². The van der Waals surface area contributed by atoms with Gasteiger partial charge < -0.3 is 10.6 Å². The van der Waals surface area contributed by atoms with Crippen molar-refractivity contribution in [2.75, 3.05) is 20.1 Å². The van der Waals surface area contributed by atoms with Gasteiger partial charge in [-0.05, 0) is 44.6 Å². The molecule has 0 heterocycles. The molecule has 0 spiro atoms. The molecule has 2 N–H and O–H groups in total. The van der Waals surface area contributed by atoms with Gasteiger partial charge in [0.1, 0.15) is 0 Å². The predicted octanol–water partition coefficient (Wildman–Crippen LogP) is 2.90. The van der Waals surface area contributed by atoms with Crippen LogP contribution in [-0.4, -0.2) is 37.0 Å². The van der Waals surface area contributed by atoms with Crippen molar-refractivity contribution in [3.8, 4) is 0 Å². The molecule has 0 aliphatic heterocycles. The molecular formula is C13H25ClF2N2. The lowest BCUT2D eigenvalue weighted by atomic mass is 9.86. The van der Waals surface area contributed by atoms with Crippen LogP contribution < -0.4 is 5.73 Å². The molecule has 0 aromatic rings. The second kappa shape index (κ2) is 6.49. The number of halogens is 3. The van der Waals surface area contributed by atoms with Crippen LogP contribution in [0, 0.1) is 11.8 Å². The SMILES string of the molecule is CN(CC1CCCC(F)(F)C1)C(CN)C1CC1.Cl. The highest BCUT2D eigenvalue weighted by molar-refractivity contribution is 5.85. The summed E-state index contributed by atoms with van der Waals surface area (Å²) in [5, 5.41) is 0. The molecule has 2 aliphatic carbocycles. The quantitative estimate of drug-likeness (QED) is 0.840. The molecule has 0 saturated heterocycles. The average Bonchev–Trinajstić information content (AvgIpc) is 3.01. The fourth-order valence-electron chi connectivity index (χ4n) is 3.19. The second-order valence-corrected chi connectivity index (χ2v) is 5.90. The molecule has 2 atom stereocenters. The highest BCUT2D eigenvalue weighted by Gasteiger charge is 2.38. The normalized spacial score (nSPS) is 28.8. The van der Waals surface area contributed by atoms with Gasteiger partial charge >= 0.3 is 0 Å². The summed E-state index contributed by atoms with van der Waals surface area (Å²) < 4.78 is 26.6. The molecule has 0 bridgehead atoms. The lowest BCUT2D eigenvalue weighted by molar-refractivity contribution is -0.0575. The first-order valence-corrected chi connectivity index (χ1v) is 6.80. The molecular weight excluding hydrogens is 258 g/mol. The number of likely N-dealkylation sites (N-methyl/N-ethyl adjacent to an activating group) is 1. The van der Waals surface area contributed by atoms with Gasteiger partial charge in [-0.2, -0.15) is 0 Å². The minimum atomic E-state index is -2.43. The molecule has 0 radical (unpaired) electrons. The zero-order valence-electron chi connectivity index (χ0n) is 11.1. The first kappa shape index (κ1) is 16.1. The Balaban J connectivity index is 0.00000162. The van der Waals surface area contributed by atoms with E-state index in [1.165, 1.54) is 12.8 Å².